The molecular formula is C22H26N2O5. The van der Waals surface area contributed by atoms with Crippen LogP contribution in [0, 0.1) is 0 Å². The van der Waals surface area contributed by atoms with E-state index >= 15 is 0 Å². The third-order valence-corrected chi connectivity index (χ3v) is 4.57. The summed E-state index contributed by atoms with van der Waals surface area (Å²) in [6.45, 7) is 5.04. The topological polar surface area (TPSA) is 77.1 Å². The summed E-state index contributed by atoms with van der Waals surface area (Å²) in [6.07, 6.45) is 0.0499. The molecule has 2 aromatic carbocycles. The lowest BCUT2D eigenvalue weighted by Crippen LogP contribution is -2.50. The molecule has 0 aromatic heterocycles. The maximum atomic E-state index is 13.3. The molecule has 0 fully saturated rings. The van der Waals surface area contributed by atoms with Gasteiger partial charge in [0.05, 0.1) is 25.9 Å². The number of ether oxygens (including phenoxy) is 3. The van der Waals surface area contributed by atoms with Crippen LogP contribution < -0.4 is 24.4 Å². The van der Waals surface area contributed by atoms with E-state index in [4.69, 9.17) is 14.2 Å². The number of nitrogens with zero attached hydrogens (tertiary/aromatic N) is 1. The number of carbonyl (C=O) groups excluding carboxylic acids is 2. The average Bonchev–Trinajstić information content (AvgIpc) is 2.76. The highest BCUT2D eigenvalue weighted by Crippen LogP contribution is 2.35. The second kappa shape index (κ2) is 9.32. The lowest BCUT2D eigenvalue weighted by atomic mass is 10.1. The first-order valence-corrected chi connectivity index (χ1v) is 9.75. The molecule has 3 rings (SSSR count). The van der Waals surface area contributed by atoms with Crippen LogP contribution in [-0.4, -0.2) is 44.7 Å². The average molecular weight is 398 g/mol. The number of fused-ring (bicyclic) bond motifs is 1. The second-order valence-corrected chi connectivity index (χ2v) is 6.58. The smallest absolute Gasteiger partial charge is 0.262 e. The first kappa shape index (κ1) is 20.5. The van der Waals surface area contributed by atoms with Crippen LogP contribution in [0.15, 0.2) is 42.5 Å². The van der Waals surface area contributed by atoms with Crippen molar-refractivity contribution in [2.45, 2.75) is 26.4 Å². The van der Waals surface area contributed by atoms with E-state index in [2.05, 4.69) is 5.32 Å². The summed E-state index contributed by atoms with van der Waals surface area (Å²) in [5, 5.41) is 2.83. The molecule has 0 saturated carbocycles. The first-order valence-electron chi connectivity index (χ1n) is 9.75. The van der Waals surface area contributed by atoms with Gasteiger partial charge in [-0.05, 0) is 43.7 Å². The number of hydrogen-bond donors (Lipinski definition) is 1. The Labute approximate surface area is 170 Å². The Balaban J connectivity index is 1.91. The van der Waals surface area contributed by atoms with Gasteiger partial charge in [-0.15, -0.1) is 0 Å². The van der Waals surface area contributed by atoms with Crippen molar-refractivity contribution < 1.29 is 23.8 Å². The predicted molar refractivity (Wildman–Crippen MR) is 110 cm³/mol. The molecule has 7 nitrogen and oxygen atoms in total. The van der Waals surface area contributed by atoms with E-state index < -0.39 is 6.10 Å². The van der Waals surface area contributed by atoms with Crippen LogP contribution in [0.5, 0.6) is 17.2 Å². The zero-order valence-electron chi connectivity index (χ0n) is 16.9. The fraction of sp³-hybridized carbons (Fsp3) is 0.364. The molecule has 2 aromatic rings. The fourth-order valence-electron chi connectivity index (χ4n) is 3.16. The Kier molecular flexibility index (Phi) is 6.59. The van der Waals surface area contributed by atoms with E-state index in [-0.39, 0.29) is 18.4 Å². The number of benzene rings is 2. The van der Waals surface area contributed by atoms with Crippen molar-refractivity contribution in [2.24, 2.45) is 0 Å². The maximum absolute atomic E-state index is 13.3. The summed E-state index contributed by atoms with van der Waals surface area (Å²) in [5.41, 5.74) is 1.07. The van der Waals surface area contributed by atoms with E-state index in [1.54, 1.807) is 35.2 Å². The van der Waals surface area contributed by atoms with Gasteiger partial charge in [0, 0.05) is 12.1 Å². The Hall–Kier alpha value is -3.22. The van der Waals surface area contributed by atoms with Crippen LogP contribution in [0.2, 0.25) is 0 Å². The van der Waals surface area contributed by atoms with Crippen molar-refractivity contribution in [3.8, 4) is 17.2 Å². The Morgan fingerprint density at radius 2 is 1.97 bits per heavy atom. The Bertz CT molecular complexity index is 883. The molecule has 0 saturated heterocycles. The van der Waals surface area contributed by atoms with Crippen molar-refractivity contribution in [3.05, 3.63) is 48.0 Å². The minimum Gasteiger partial charge on any atom is -0.493 e. The van der Waals surface area contributed by atoms with Gasteiger partial charge in [-0.3, -0.25) is 9.59 Å². The van der Waals surface area contributed by atoms with Gasteiger partial charge in [-0.25, -0.2) is 0 Å². The maximum Gasteiger partial charge on any atom is 0.262 e. The number of nitrogens with one attached hydrogen (secondary N) is 1. The molecule has 154 valence electrons. The molecule has 1 aliphatic heterocycles. The van der Waals surface area contributed by atoms with Crippen LogP contribution in [0.4, 0.5) is 5.69 Å². The number of hydrogen-bond acceptors (Lipinski definition) is 5. The van der Waals surface area contributed by atoms with Gasteiger partial charge < -0.3 is 24.4 Å². The lowest BCUT2D eigenvalue weighted by molar-refractivity contribution is -0.127. The zero-order chi connectivity index (χ0) is 20.8. The van der Waals surface area contributed by atoms with E-state index in [1.165, 1.54) is 7.11 Å². The SMILES string of the molecule is CCCNC(=O)[C@H]1CN(C(=O)c2ccc(OCC)c(OC)c2)c2ccccc2O1. The molecule has 0 unspecified atom stereocenters. The zero-order valence-corrected chi connectivity index (χ0v) is 16.9. The second-order valence-electron chi connectivity index (χ2n) is 6.58. The molecule has 1 atom stereocenters. The van der Waals surface area contributed by atoms with Crippen LogP contribution >= 0.6 is 0 Å². The van der Waals surface area contributed by atoms with Gasteiger partial charge in [0.25, 0.3) is 11.8 Å². The summed E-state index contributed by atoms with van der Waals surface area (Å²) in [7, 11) is 1.53. The van der Waals surface area contributed by atoms with Gasteiger partial charge >= 0.3 is 0 Å². The minimum atomic E-state index is -0.773. The summed E-state index contributed by atoms with van der Waals surface area (Å²) >= 11 is 0. The number of carbonyl (C=O) groups is 2. The van der Waals surface area contributed by atoms with Crippen molar-refractivity contribution >= 4 is 17.5 Å². The number of rotatable bonds is 7. The molecule has 0 radical (unpaired) electrons. The molecule has 2 amide bonds. The number of methoxy groups -OCH3 is 1. The third-order valence-electron chi connectivity index (χ3n) is 4.57. The molecule has 7 heteroatoms. The molecular weight excluding hydrogens is 372 g/mol. The van der Waals surface area contributed by atoms with Crippen LogP contribution in [0.25, 0.3) is 0 Å². The van der Waals surface area contributed by atoms with Crippen LogP contribution in [-0.2, 0) is 4.79 Å². The highest BCUT2D eigenvalue weighted by molar-refractivity contribution is 6.08. The molecule has 1 N–H and O–H groups in total. The van der Waals surface area contributed by atoms with Gasteiger partial charge in [0.2, 0.25) is 0 Å². The quantitative estimate of drug-likeness (QED) is 0.776. The van der Waals surface area contributed by atoms with E-state index in [0.29, 0.717) is 41.7 Å². The monoisotopic (exact) mass is 398 g/mol. The van der Waals surface area contributed by atoms with Gasteiger partial charge in [0.1, 0.15) is 5.75 Å². The first-order chi connectivity index (χ1) is 14.1. The standard InChI is InChI=1S/C22H26N2O5/c1-4-12-23-21(25)20-14-24(16-8-6-7-9-17(16)29-20)22(26)15-10-11-18(28-5-2)19(13-15)27-3/h6-11,13,20H,4-5,12,14H2,1-3H3,(H,23,25)/t20-/m1/s1. The predicted octanol–water partition coefficient (Wildman–Crippen LogP) is 3.03. The molecule has 0 bridgehead atoms. The highest BCUT2D eigenvalue weighted by Gasteiger charge is 2.34. The molecule has 29 heavy (non-hydrogen) atoms. The number of para-hydroxylation sites is 2. The third kappa shape index (κ3) is 4.45. The van der Waals surface area contributed by atoms with Gasteiger partial charge in [0.15, 0.2) is 17.6 Å². The summed E-state index contributed by atoms with van der Waals surface area (Å²) in [4.78, 5) is 27.4. The highest BCUT2D eigenvalue weighted by atomic mass is 16.5. The van der Waals surface area contributed by atoms with Crippen molar-refractivity contribution in [1.29, 1.82) is 0 Å². The summed E-state index contributed by atoms with van der Waals surface area (Å²) in [6, 6.07) is 12.3. The minimum absolute atomic E-state index is 0.126. The Morgan fingerprint density at radius 3 is 2.69 bits per heavy atom. The summed E-state index contributed by atoms with van der Waals surface area (Å²) in [5.74, 6) is 1.09. The number of anilines is 1. The van der Waals surface area contributed by atoms with Gasteiger partial charge in [-0.2, -0.15) is 0 Å². The fourth-order valence-corrected chi connectivity index (χ4v) is 3.16. The van der Waals surface area contributed by atoms with Crippen molar-refractivity contribution in [2.75, 3.05) is 31.7 Å². The lowest BCUT2D eigenvalue weighted by Gasteiger charge is -2.34. The molecule has 1 aliphatic rings. The largest absolute Gasteiger partial charge is 0.493 e. The normalized spacial score (nSPS) is 15.1. The van der Waals surface area contributed by atoms with Gasteiger partial charge in [-0.1, -0.05) is 19.1 Å². The molecule has 1 heterocycles. The van der Waals surface area contributed by atoms with Crippen LogP contribution in [0.3, 0.4) is 0 Å². The molecule has 0 spiro atoms. The van der Waals surface area contributed by atoms with E-state index in [1.807, 2.05) is 26.0 Å². The van der Waals surface area contributed by atoms with Crippen molar-refractivity contribution in [3.63, 3.8) is 0 Å². The Morgan fingerprint density at radius 1 is 1.17 bits per heavy atom. The van der Waals surface area contributed by atoms with E-state index in [9.17, 15) is 9.59 Å². The van der Waals surface area contributed by atoms with E-state index in [0.717, 1.165) is 6.42 Å². The molecule has 0 aliphatic carbocycles. The van der Waals surface area contributed by atoms with Crippen molar-refractivity contribution in [1.82, 2.24) is 5.32 Å². The number of amides is 2. The summed E-state index contributed by atoms with van der Waals surface area (Å²) < 4.78 is 16.7. The van der Waals surface area contributed by atoms with Crippen LogP contribution in [0.1, 0.15) is 30.6 Å².